The lowest BCUT2D eigenvalue weighted by atomic mass is 10.2. The molecule has 2 aromatic heterocycles. The molecule has 0 radical (unpaired) electrons. The van der Waals surface area contributed by atoms with Crippen LogP contribution in [0, 0.1) is 5.82 Å². The topological polar surface area (TPSA) is 35.1 Å². The summed E-state index contributed by atoms with van der Waals surface area (Å²) in [6, 6.07) is 14.5. The van der Waals surface area contributed by atoms with E-state index in [1.54, 1.807) is 48.5 Å². The summed E-state index contributed by atoms with van der Waals surface area (Å²) >= 11 is 13.3. The van der Waals surface area contributed by atoms with Crippen LogP contribution in [0.15, 0.2) is 63.8 Å². The van der Waals surface area contributed by atoms with Gasteiger partial charge in [-0.25, -0.2) is 4.39 Å². The third-order valence-electron chi connectivity index (χ3n) is 4.05. The molecule has 3 nitrogen and oxygen atoms in total. The van der Waals surface area contributed by atoms with Crippen LogP contribution in [0.2, 0.25) is 10.0 Å². The van der Waals surface area contributed by atoms with E-state index in [0.717, 1.165) is 0 Å². The molecule has 0 spiro atoms. The molecule has 7 heteroatoms. The molecule has 0 aliphatic carbocycles. The Morgan fingerprint density at radius 3 is 2.68 bits per heavy atom. The van der Waals surface area contributed by atoms with Gasteiger partial charge in [-0.05, 0) is 48.5 Å². The van der Waals surface area contributed by atoms with Gasteiger partial charge in [-0.15, -0.1) is 11.3 Å². The van der Waals surface area contributed by atoms with Crippen LogP contribution >= 0.6 is 34.5 Å². The highest BCUT2D eigenvalue weighted by Gasteiger charge is 2.10. The Bertz CT molecular complexity index is 1350. The highest BCUT2D eigenvalue weighted by molar-refractivity contribution is 7.07. The molecule has 140 valence electrons. The summed E-state index contributed by atoms with van der Waals surface area (Å²) in [5.41, 5.74) is 0.842. The van der Waals surface area contributed by atoms with Crippen molar-refractivity contribution in [3.8, 4) is 17.0 Å². The van der Waals surface area contributed by atoms with E-state index in [4.69, 9.17) is 27.6 Å². The fraction of sp³-hybridized carbons (Fsp3) is 0. The van der Waals surface area contributed by atoms with E-state index < -0.39 is 5.82 Å². The molecule has 0 aliphatic rings. The molecule has 2 aromatic carbocycles. The lowest BCUT2D eigenvalue weighted by Crippen LogP contribution is -2.29. The van der Waals surface area contributed by atoms with Gasteiger partial charge in [0.15, 0.2) is 0 Å². The van der Waals surface area contributed by atoms with Gasteiger partial charge in [-0.2, -0.15) is 0 Å². The third-order valence-corrected chi connectivity index (χ3v) is 5.53. The van der Waals surface area contributed by atoms with Crippen molar-refractivity contribution in [2.45, 2.75) is 0 Å². The smallest absolute Gasteiger partial charge is 0.273 e. The number of thiazole rings is 1. The molecule has 0 amide bonds. The second-order valence-electron chi connectivity index (χ2n) is 5.95. The molecule has 4 rings (SSSR count). The molecule has 4 aromatic rings. The molecule has 28 heavy (non-hydrogen) atoms. The van der Waals surface area contributed by atoms with Gasteiger partial charge < -0.3 is 4.42 Å². The minimum Gasteiger partial charge on any atom is -0.457 e. The molecule has 0 atom stereocenters. The van der Waals surface area contributed by atoms with Crippen LogP contribution in [0.3, 0.4) is 0 Å². The Morgan fingerprint density at radius 1 is 1.11 bits per heavy atom. The third kappa shape index (κ3) is 3.56. The van der Waals surface area contributed by atoms with Gasteiger partial charge in [0.2, 0.25) is 0 Å². The molecule has 0 saturated heterocycles. The SMILES string of the molecule is C=c1s/c(=C\c2ccc(-c3ccc(Cl)cc3Cl)o2)c(=O)n1-c1cccc(F)c1. The number of aromatic nitrogens is 1. The first-order chi connectivity index (χ1) is 13.4. The molecule has 0 bridgehead atoms. The zero-order valence-corrected chi connectivity index (χ0v) is 16.6. The molecule has 0 fully saturated rings. The number of halogens is 3. The van der Waals surface area contributed by atoms with E-state index in [9.17, 15) is 9.18 Å². The average Bonchev–Trinajstić information content (AvgIpc) is 3.20. The monoisotopic (exact) mass is 431 g/mol. The summed E-state index contributed by atoms with van der Waals surface area (Å²) < 4.78 is 21.6. The van der Waals surface area contributed by atoms with Crippen LogP contribution in [0.25, 0.3) is 29.7 Å². The Kier molecular flexibility index (Phi) is 4.98. The maximum absolute atomic E-state index is 13.5. The van der Waals surface area contributed by atoms with Gasteiger partial charge in [-0.1, -0.05) is 35.8 Å². The summed E-state index contributed by atoms with van der Waals surface area (Å²) in [4.78, 5) is 12.8. The standard InChI is InChI=1S/C21H12Cl2FNO2S/c1-12-25(15-4-2-3-14(24)10-15)21(26)20(28-12)11-16-6-8-19(27-16)17-7-5-13(22)9-18(17)23/h2-11H,1H2/b20-11-. The van der Waals surface area contributed by atoms with Crippen LogP contribution in [-0.4, -0.2) is 4.57 Å². The number of nitrogens with zero attached hydrogens (tertiary/aromatic N) is 1. The first-order valence-electron chi connectivity index (χ1n) is 8.16. The number of furan rings is 1. The van der Waals surface area contributed by atoms with Gasteiger partial charge >= 0.3 is 0 Å². The van der Waals surface area contributed by atoms with Crippen LogP contribution < -0.4 is 14.8 Å². The summed E-state index contributed by atoms with van der Waals surface area (Å²) in [6.07, 6.45) is 1.63. The maximum atomic E-state index is 13.5. The molecule has 0 unspecified atom stereocenters. The van der Waals surface area contributed by atoms with E-state index in [-0.39, 0.29) is 5.56 Å². The lowest BCUT2D eigenvalue weighted by molar-refractivity contribution is 0.571. The second-order valence-corrected chi connectivity index (χ2v) is 7.91. The molecule has 2 heterocycles. The van der Waals surface area contributed by atoms with Crippen LogP contribution in [-0.2, 0) is 0 Å². The Labute approximate surface area is 173 Å². The van der Waals surface area contributed by atoms with Crippen molar-refractivity contribution in [1.29, 1.82) is 0 Å². The number of hydrogen-bond donors (Lipinski definition) is 0. The van der Waals surface area contributed by atoms with Gasteiger partial charge in [0.1, 0.15) is 17.3 Å². The van der Waals surface area contributed by atoms with Crippen LogP contribution in [0.4, 0.5) is 4.39 Å². The minimum absolute atomic E-state index is 0.289. The molecule has 0 aliphatic heterocycles. The quantitative estimate of drug-likeness (QED) is 0.464. The first-order valence-corrected chi connectivity index (χ1v) is 9.73. The van der Waals surface area contributed by atoms with E-state index >= 15 is 0 Å². The normalized spacial score (nSPS) is 11.9. The fourth-order valence-electron chi connectivity index (χ4n) is 2.80. The first kappa shape index (κ1) is 18.7. The van der Waals surface area contributed by atoms with E-state index in [1.165, 1.54) is 28.0 Å². The van der Waals surface area contributed by atoms with Gasteiger partial charge in [0, 0.05) is 16.7 Å². The zero-order valence-electron chi connectivity index (χ0n) is 14.3. The van der Waals surface area contributed by atoms with E-state index in [2.05, 4.69) is 6.58 Å². The predicted octanol–water partition coefficient (Wildman–Crippen LogP) is 4.84. The molecular formula is C21H12Cl2FNO2S. The molecular weight excluding hydrogens is 420 g/mol. The van der Waals surface area contributed by atoms with Crippen molar-refractivity contribution in [3.63, 3.8) is 0 Å². The zero-order chi connectivity index (χ0) is 19.8. The average molecular weight is 432 g/mol. The number of hydrogen-bond acceptors (Lipinski definition) is 3. The van der Waals surface area contributed by atoms with Crippen molar-refractivity contribution < 1.29 is 8.81 Å². The van der Waals surface area contributed by atoms with Gasteiger partial charge in [-0.3, -0.25) is 9.36 Å². The Morgan fingerprint density at radius 2 is 1.93 bits per heavy atom. The summed E-state index contributed by atoms with van der Waals surface area (Å²) in [5.74, 6) is 0.631. The largest absolute Gasteiger partial charge is 0.457 e. The number of benzene rings is 2. The van der Waals surface area contributed by atoms with Crippen molar-refractivity contribution >= 4 is 47.2 Å². The van der Waals surface area contributed by atoms with E-state index in [1.807, 2.05) is 0 Å². The van der Waals surface area contributed by atoms with Gasteiger partial charge in [0.25, 0.3) is 5.56 Å². The fourth-order valence-corrected chi connectivity index (χ4v) is 4.19. The second kappa shape index (κ2) is 7.43. The van der Waals surface area contributed by atoms with Crippen molar-refractivity contribution in [3.05, 3.63) is 95.8 Å². The minimum atomic E-state index is -0.420. The highest BCUT2D eigenvalue weighted by atomic mass is 35.5. The molecule has 0 N–H and O–H groups in total. The lowest BCUT2D eigenvalue weighted by Gasteiger charge is -2.01. The van der Waals surface area contributed by atoms with Crippen LogP contribution in [0.1, 0.15) is 5.76 Å². The summed E-state index contributed by atoms with van der Waals surface area (Å²) in [5, 5.41) is 1.00. The number of rotatable bonds is 3. The van der Waals surface area contributed by atoms with Crippen LogP contribution in [0.5, 0.6) is 0 Å². The Balaban J connectivity index is 1.77. The highest BCUT2D eigenvalue weighted by Crippen LogP contribution is 2.31. The van der Waals surface area contributed by atoms with Crippen molar-refractivity contribution in [1.82, 2.24) is 4.57 Å². The maximum Gasteiger partial charge on any atom is 0.273 e. The van der Waals surface area contributed by atoms with Gasteiger partial charge in [0.05, 0.1) is 19.9 Å². The van der Waals surface area contributed by atoms with Crippen molar-refractivity contribution in [2.75, 3.05) is 0 Å². The Hall–Kier alpha value is -2.60. The summed E-state index contributed by atoms with van der Waals surface area (Å²) in [6.45, 7) is 3.90. The summed E-state index contributed by atoms with van der Waals surface area (Å²) in [7, 11) is 0. The molecule has 0 saturated carbocycles. The predicted molar refractivity (Wildman–Crippen MR) is 112 cm³/mol. The van der Waals surface area contributed by atoms with Crippen molar-refractivity contribution in [2.24, 2.45) is 0 Å². The van der Waals surface area contributed by atoms with E-state index in [0.29, 0.717) is 42.0 Å².